The zero-order valence-electron chi connectivity index (χ0n) is 20.9. The molecule has 3 aromatic rings. The van der Waals surface area contributed by atoms with Crippen molar-refractivity contribution in [3.8, 4) is 0 Å². The minimum Gasteiger partial charge on any atom is -0.480 e. The Kier molecular flexibility index (Phi) is 8.34. The summed E-state index contributed by atoms with van der Waals surface area (Å²) in [6, 6.07) is 10.6. The van der Waals surface area contributed by atoms with Crippen molar-refractivity contribution in [3.05, 3.63) is 74.9 Å². The normalized spacial score (nSPS) is 18.9. The molecule has 2 aromatic carbocycles. The van der Waals surface area contributed by atoms with Gasteiger partial charge in [0.2, 0.25) is 5.91 Å². The average Bonchev–Trinajstić information content (AvgIpc) is 3.33. The van der Waals surface area contributed by atoms with Crippen LogP contribution in [-0.2, 0) is 9.59 Å². The summed E-state index contributed by atoms with van der Waals surface area (Å²) in [4.78, 5) is 32.4. The number of piperidine rings is 2. The third-order valence-electron chi connectivity index (χ3n) is 7.95. The quantitative estimate of drug-likeness (QED) is 0.321. The van der Waals surface area contributed by atoms with Gasteiger partial charge in [-0.15, -0.1) is 0 Å². The van der Waals surface area contributed by atoms with Crippen LogP contribution in [0.2, 0.25) is 15.1 Å². The van der Waals surface area contributed by atoms with E-state index < -0.39 is 12.0 Å². The molecule has 2 aliphatic rings. The van der Waals surface area contributed by atoms with E-state index in [2.05, 4.69) is 22.1 Å². The summed E-state index contributed by atoms with van der Waals surface area (Å²) in [5.41, 5.74) is 3.11. The Balaban J connectivity index is 1.17. The molecule has 0 spiro atoms. The summed E-state index contributed by atoms with van der Waals surface area (Å²) >= 11 is 18.1. The lowest BCUT2D eigenvalue weighted by atomic mass is 9.84. The van der Waals surface area contributed by atoms with Crippen LogP contribution in [0, 0.1) is 5.92 Å². The van der Waals surface area contributed by atoms with Crippen LogP contribution >= 0.6 is 34.8 Å². The van der Waals surface area contributed by atoms with Crippen LogP contribution in [0.4, 0.5) is 0 Å². The highest BCUT2D eigenvalue weighted by Gasteiger charge is 2.38. The van der Waals surface area contributed by atoms with Crippen LogP contribution in [0.3, 0.4) is 0 Å². The molecular formula is C29H30Cl3N3O3. The lowest BCUT2D eigenvalue weighted by Gasteiger charge is -2.41. The standard InChI is InChI=1S/C29H30Cl3N3O3/c30-21-3-4-22-23(17-33-26(22)16-21)19-7-13-35(14-8-19)28(29(37)38)20-9-11-34(12-10-20)27(36)6-2-18-1-5-24(31)25(32)15-18/h1-6,15-17,19-20,28,33H,7-14H2,(H,37,38). The first kappa shape index (κ1) is 27.1. The second kappa shape index (κ2) is 11.7. The van der Waals surface area contributed by atoms with E-state index in [9.17, 15) is 14.7 Å². The van der Waals surface area contributed by atoms with Crippen LogP contribution in [-0.4, -0.2) is 64.0 Å². The number of aromatic nitrogens is 1. The molecule has 1 aromatic heterocycles. The summed E-state index contributed by atoms with van der Waals surface area (Å²) in [5.74, 6) is -0.448. The fourth-order valence-electron chi connectivity index (χ4n) is 5.93. The summed E-state index contributed by atoms with van der Waals surface area (Å²) in [7, 11) is 0. The average molecular weight is 575 g/mol. The molecule has 2 fully saturated rings. The first-order valence-corrected chi connectivity index (χ1v) is 14.1. The number of hydrogen-bond acceptors (Lipinski definition) is 3. The number of nitrogens with one attached hydrogen (secondary N) is 1. The fourth-order valence-corrected chi connectivity index (χ4v) is 6.41. The lowest BCUT2D eigenvalue weighted by Crippen LogP contribution is -2.52. The number of aromatic amines is 1. The van der Waals surface area contributed by atoms with Gasteiger partial charge in [0, 0.05) is 41.3 Å². The molecule has 0 saturated carbocycles. The van der Waals surface area contributed by atoms with Gasteiger partial charge in [0.15, 0.2) is 0 Å². The number of hydrogen-bond donors (Lipinski definition) is 2. The highest BCUT2D eigenvalue weighted by Crippen LogP contribution is 2.36. The number of carboxylic acid groups (broad SMARTS) is 1. The van der Waals surface area contributed by atoms with Gasteiger partial charge in [-0.2, -0.15) is 0 Å². The molecule has 2 aliphatic heterocycles. The number of amides is 1. The van der Waals surface area contributed by atoms with Gasteiger partial charge >= 0.3 is 5.97 Å². The molecule has 1 unspecified atom stereocenters. The molecule has 3 heterocycles. The number of rotatable bonds is 6. The largest absolute Gasteiger partial charge is 0.480 e. The first-order chi connectivity index (χ1) is 18.3. The van der Waals surface area contributed by atoms with Gasteiger partial charge < -0.3 is 15.0 Å². The van der Waals surface area contributed by atoms with E-state index in [1.54, 1.807) is 29.2 Å². The molecule has 38 heavy (non-hydrogen) atoms. The lowest BCUT2D eigenvalue weighted by molar-refractivity contribution is -0.147. The monoisotopic (exact) mass is 573 g/mol. The molecule has 1 atom stereocenters. The molecular weight excluding hydrogens is 545 g/mol. The minimum absolute atomic E-state index is 0.0161. The van der Waals surface area contributed by atoms with Crippen molar-refractivity contribution < 1.29 is 14.7 Å². The number of benzene rings is 2. The number of likely N-dealkylation sites (tertiary alicyclic amines) is 2. The number of halogens is 3. The van der Waals surface area contributed by atoms with Crippen molar-refractivity contribution >= 4 is 63.7 Å². The van der Waals surface area contributed by atoms with Crippen molar-refractivity contribution in [1.82, 2.24) is 14.8 Å². The van der Waals surface area contributed by atoms with Crippen molar-refractivity contribution in [2.75, 3.05) is 26.2 Å². The molecule has 200 valence electrons. The third-order valence-corrected chi connectivity index (χ3v) is 8.93. The minimum atomic E-state index is -0.769. The van der Waals surface area contributed by atoms with Gasteiger partial charge in [0.1, 0.15) is 6.04 Å². The molecule has 5 rings (SSSR count). The molecule has 2 N–H and O–H groups in total. The molecule has 1 amide bonds. The molecule has 0 aliphatic carbocycles. The molecule has 0 bridgehead atoms. The summed E-state index contributed by atoms with van der Waals surface area (Å²) < 4.78 is 0. The molecule has 2 saturated heterocycles. The summed E-state index contributed by atoms with van der Waals surface area (Å²) in [5, 5.41) is 13.0. The van der Waals surface area contributed by atoms with Gasteiger partial charge in [-0.25, -0.2) is 0 Å². The number of fused-ring (bicyclic) bond motifs is 1. The SMILES string of the molecule is O=C(O)C(C1CCN(C(=O)C=Cc2ccc(Cl)c(Cl)c2)CC1)N1CCC(c2c[nH]c3cc(Cl)ccc23)CC1. The second-order valence-corrected chi connectivity index (χ2v) is 11.4. The maximum atomic E-state index is 12.7. The predicted octanol–water partition coefficient (Wildman–Crippen LogP) is 6.71. The number of H-pyrrole nitrogens is 1. The van der Waals surface area contributed by atoms with Crippen molar-refractivity contribution in [1.29, 1.82) is 0 Å². The van der Waals surface area contributed by atoms with Crippen molar-refractivity contribution in [2.45, 2.75) is 37.6 Å². The molecule has 9 heteroatoms. The maximum absolute atomic E-state index is 12.7. The molecule has 0 radical (unpaired) electrons. The van der Waals surface area contributed by atoms with E-state index >= 15 is 0 Å². The maximum Gasteiger partial charge on any atom is 0.321 e. The number of carboxylic acids is 1. The van der Waals surface area contributed by atoms with Crippen LogP contribution in [0.1, 0.15) is 42.7 Å². The Morgan fingerprint density at radius 2 is 1.68 bits per heavy atom. The summed E-state index contributed by atoms with van der Waals surface area (Å²) in [6.07, 6.45) is 8.51. The number of aliphatic carboxylic acids is 1. The van der Waals surface area contributed by atoms with Crippen LogP contribution in [0.15, 0.2) is 48.7 Å². The first-order valence-electron chi connectivity index (χ1n) is 13.0. The Bertz CT molecular complexity index is 1360. The van der Waals surface area contributed by atoms with Crippen LogP contribution < -0.4 is 0 Å². The van der Waals surface area contributed by atoms with Gasteiger partial charge in [-0.05, 0) is 92.1 Å². The van der Waals surface area contributed by atoms with Crippen LogP contribution in [0.5, 0.6) is 0 Å². The molecule has 6 nitrogen and oxygen atoms in total. The highest BCUT2D eigenvalue weighted by atomic mass is 35.5. The zero-order chi connectivity index (χ0) is 26.8. The van der Waals surface area contributed by atoms with Gasteiger partial charge in [0.25, 0.3) is 0 Å². The predicted molar refractivity (Wildman–Crippen MR) is 153 cm³/mol. The van der Waals surface area contributed by atoms with Crippen LogP contribution in [0.25, 0.3) is 17.0 Å². The van der Waals surface area contributed by atoms with Crippen molar-refractivity contribution in [3.63, 3.8) is 0 Å². The third kappa shape index (κ3) is 5.89. The smallest absolute Gasteiger partial charge is 0.321 e. The van der Waals surface area contributed by atoms with E-state index in [0.29, 0.717) is 46.9 Å². The van der Waals surface area contributed by atoms with E-state index in [1.807, 2.05) is 12.1 Å². The van der Waals surface area contributed by atoms with E-state index in [1.165, 1.54) is 17.0 Å². The Morgan fingerprint density at radius 1 is 0.947 bits per heavy atom. The number of carbonyl (C=O) groups is 2. The Labute approximate surface area is 237 Å². The second-order valence-electron chi connectivity index (χ2n) is 10.2. The van der Waals surface area contributed by atoms with E-state index in [-0.39, 0.29) is 11.8 Å². The zero-order valence-corrected chi connectivity index (χ0v) is 23.1. The van der Waals surface area contributed by atoms with Gasteiger partial charge in [-0.1, -0.05) is 46.9 Å². The van der Waals surface area contributed by atoms with Gasteiger partial charge in [0.05, 0.1) is 10.0 Å². The Hall–Kier alpha value is -2.51. The Morgan fingerprint density at radius 3 is 2.37 bits per heavy atom. The summed E-state index contributed by atoms with van der Waals surface area (Å²) in [6.45, 7) is 2.58. The van der Waals surface area contributed by atoms with E-state index in [0.717, 1.165) is 37.0 Å². The highest BCUT2D eigenvalue weighted by molar-refractivity contribution is 6.42. The van der Waals surface area contributed by atoms with Crippen molar-refractivity contribution in [2.24, 2.45) is 5.92 Å². The topological polar surface area (TPSA) is 76.6 Å². The van der Waals surface area contributed by atoms with Gasteiger partial charge in [-0.3, -0.25) is 14.5 Å². The number of nitrogens with zero attached hydrogens (tertiary/aromatic N) is 2. The number of carbonyl (C=O) groups excluding carboxylic acids is 1. The fraction of sp³-hybridized carbons (Fsp3) is 0.379. The van der Waals surface area contributed by atoms with E-state index in [4.69, 9.17) is 34.8 Å².